The van der Waals surface area contributed by atoms with Crippen molar-refractivity contribution in [2.24, 2.45) is 23.2 Å². The maximum absolute atomic E-state index is 12.3. The molecule has 0 radical (unpaired) electrons. The number of aliphatic carboxylic acids is 1. The zero-order chi connectivity index (χ0) is 17.3. The highest BCUT2D eigenvalue weighted by molar-refractivity contribution is 5.85. The van der Waals surface area contributed by atoms with E-state index in [1.165, 1.54) is 43.4 Å². The van der Waals surface area contributed by atoms with Crippen molar-refractivity contribution in [2.75, 3.05) is 20.1 Å². The van der Waals surface area contributed by atoms with E-state index in [1.807, 2.05) is 0 Å². The van der Waals surface area contributed by atoms with E-state index in [0.29, 0.717) is 6.42 Å². The molecule has 24 heavy (non-hydrogen) atoms. The molecule has 4 bridgehead atoms. The minimum absolute atomic E-state index is 0.0306. The van der Waals surface area contributed by atoms with Gasteiger partial charge in [0.1, 0.15) is 0 Å². The average Bonchev–Trinajstić information content (AvgIpc) is 2.48. The van der Waals surface area contributed by atoms with E-state index in [1.54, 1.807) is 7.05 Å². The summed E-state index contributed by atoms with van der Waals surface area (Å²) in [4.78, 5) is 36.2. The fourth-order valence-electron chi connectivity index (χ4n) is 5.61. The molecule has 2 amide bonds. The second-order valence-corrected chi connectivity index (χ2v) is 8.33. The summed E-state index contributed by atoms with van der Waals surface area (Å²) in [5.41, 5.74) is 0.178. The molecule has 0 aromatic rings. The predicted octanol–water partition coefficient (Wildman–Crippen LogP) is 1.64. The van der Waals surface area contributed by atoms with Gasteiger partial charge in [-0.3, -0.25) is 14.4 Å². The third-order valence-corrected chi connectivity index (χ3v) is 6.22. The molecule has 0 atom stereocenters. The molecule has 2 N–H and O–H groups in total. The fraction of sp³-hybridized carbons (Fsp3) is 0.833. The van der Waals surface area contributed by atoms with Crippen LogP contribution in [0.1, 0.15) is 51.4 Å². The quantitative estimate of drug-likeness (QED) is 0.740. The van der Waals surface area contributed by atoms with E-state index in [0.717, 1.165) is 17.8 Å². The summed E-state index contributed by atoms with van der Waals surface area (Å²) in [6, 6.07) is 0. The lowest BCUT2D eigenvalue weighted by molar-refractivity contribution is -0.139. The van der Waals surface area contributed by atoms with Gasteiger partial charge in [-0.1, -0.05) is 0 Å². The van der Waals surface area contributed by atoms with Gasteiger partial charge in [0.15, 0.2) is 0 Å². The highest BCUT2D eigenvalue weighted by atomic mass is 16.4. The molecule has 0 saturated heterocycles. The number of rotatable bonds is 7. The summed E-state index contributed by atoms with van der Waals surface area (Å²) in [7, 11) is 1.57. The Bertz CT molecular complexity index is 496. The lowest BCUT2D eigenvalue weighted by Crippen LogP contribution is -2.48. The second kappa shape index (κ2) is 6.73. The van der Waals surface area contributed by atoms with E-state index in [-0.39, 0.29) is 36.7 Å². The Kier molecular flexibility index (Phi) is 4.83. The summed E-state index contributed by atoms with van der Waals surface area (Å²) in [6.45, 7) is 0.125. The Morgan fingerprint density at radius 1 is 1.08 bits per heavy atom. The summed E-state index contributed by atoms with van der Waals surface area (Å²) >= 11 is 0. The van der Waals surface area contributed by atoms with Crippen LogP contribution >= 0.6 is 0 Å². The summed E-state index contributed by atoms with van der Waals surface area (Å²) in [5.74, 6) is 1.24. The van der Waals surface area contributed by atoms with Gasteiger partial charge in [-0.05, 0) is 61.7 Å². The van der Waals surface area contributed by atoms with Crippen molar-refractivity contribution in [1.82, 2.24) is 10.2 Å². The molecule has 0 unspecified atom stereocenters. The monoisotopic (exact) mass is 336 g/mol. The van der Waals surface area contributed by atoms with Gasteiger partial charge in [0, 0.05) is 20.0 Å². The van der Waals surface area contributed by atoms with Crippen molar-refractivity contribution < 1.29 is 19.5 Å². The molecule has 0 aromatic heterocycles. The largest absolute Gasteiger partial charge is 0.481 e. The number of carbonyl (C=O) groups is 3. The average molecular weight is 336 g/mol. The van der Waals surface area contributed by atoms with Gasteiger partial charge in [0.05, 0.1) is 13.0 Å². The summed E-state index contributed by atoms with van der Waals surface area (Å²) in [5, 5.41) is 11.4. The molecule has 4 aliphatic rings. The Morgan fingerprint density at radius 3 is 2.12 bits per heavy atom. The minimum atomic E-state index is -0.930. The van der Waals surface area contributed by atoms with Gasteiger partial charge >= 0.3 is 5.97 Å². The summed E-state index contributed by atoms with van der Waals surface area (Å²) in [6.07, 6.45) is 8.07. The first-order chi connectivity index (χ1) is 11.3. The Labute approximate surface area is 143 Å². The van der Waals surface area contributed by atoms with Crippen LogP contribution in [0.15, 0.2) is 0 Å². The SMILES string of the molecule is CN(CCC(=O)O)C(=O)CNC(=O)CC12CC3CC(CC(C3)C1)C2. The van der Waals surface area contributed by atoms with Crippen LogP contribution in [0, 0.1) is 23.2 Å². The van der Waals surface area contributed by atoms with Gasteiger partial charge in [-0.25, -0.2) is 0 Å². The standard InChI is InChI=1S/C18H28N2O4/c1-20(3-2-17(23)24)16(22)11-19-15(21)10-18-7-12-4-13(8-18)6-14(5-12)9-18/h12-14H,2-11H2,1H3,(H,19,21)(H,23,24). The van der Waals surface area contributed by atoms with Crippen LogP contribution in [0.25, 0.3) is 0 Å². The molecule has 0 aliphatic heterocycles. The molecular formula is C18H28N2O4. The lowest BCUT2D eigenvalue weighted by atomic mass is 9.49. The van der Waals surface area contributed by atoms with Gasteiger partial charge in [-0.15, -0.1) is 0 Å². The molecule has 4 saturated carbocycles. The van der Waals surface area contributed by atoms with Crippen LogP contribution in [0.3, 0.4) is 0 Å². The van der Waals surface area contributed by atoms with Gasteiger partial charge in [-0.2, -0.15) is 0 Å². The third kappa shape index (κ3) is 3.90. The zero-order valence-electron chi connectivity index (χ0n) is 14.4. The van der Waals surface area contributed by atoms with Crippen LogP contribution < -0.4 is 5.32 Å². The smallest absolute Gasteiger partial charge is 0.305 e. The minimum Gasteiger partial charge on any atom is -0.481 e. The molecule has 6 nitrogen and oxygen atoms in total. The third-order valence-electron chi connectivity index (χ3n) is 6.22. The van der Waals surface area contributed by atoms with Crippen molar-refractivity contribution in [1.29, 1.82) is 0 Å². The normalized spacial score (nSPS) is 33.3. The molecule has 0 aromatic carbocycles. The van der Waals surface area contributed by atoms with Crippen LogP contribution in [-0.4, -0.2) is 47.9 Å². The maximum atomic E-state index is 12.3. The van der Waals surface area contributed by atoms with Gasteiger partial charge < -0.3 is 15.3 Å². The molecule has 0 heterocycles. The summed E-state index contributed by atoms with van der Waals surface area (Å²) < 4.78 is 0. The van der Waals surface area contributed by atoms with Crippen LogP contribution in [0.5, 0.6) is 0 Å². The van der Waals surface area contributed by atoms with E-state index < -0.39 is 5.97 Å². The number of nitrogens with one attached hydrogen (secondary N) is 1. The molecule has 0 spiro atoms. The topological polar surface area (TPSA) is 86.7 Å². The second-order valence-electron chi connectivity index (χ2n) is 8.33. The number of amides is 2. The number of hydrogen-bond acceptors (Lipinski definition) is 3. The first kappa shape index (κ1) is 17.2. The molecular weight excluding hydrogens is 308 g/mol. The van der Waals surface area contributed by atoms with Crippen LogP contribution in [0.4, 0.5) is 0 Å². The Morgan fingerprint density at radius 2 is 1.62 bits per heavy atom. The van der Waals surface area contributed by atoms with Crippen molar-refractivity contribution in [3.8, 4) is 0 Å². The highest BCUT2D eigenvalue weighted by Gasteiger charge is 2.51. The van der Waals surface area contributed by atoms with Crippen molar-refractivity contribution in [2.45, 2.75) is 51.4 Å². The molecule has 4 aliphatic carbocycles. The fourth-order valence-corrected chi connectivity index (χ4v) is 5.61. The van der Waals surface area contributed by atoms with Gasteiger partial charge in [0.25, 0.3) is 0 Å². The first-order valence-corrected chi connectivity index (χ1v) is 9.08. The van der Waals surface area contributed by atoms with E-state index >= 15 is 0 Å². The van der Waals surface area contributed by atoms with E-state index in [4.69, 9.17) is 5.11 Å². The number of carboxylic acids is 1. The number of carboxylic acid groups (broad SMARTS) is 1. The maximum Gasteiger partial charge on any atom is 0.305 e. The number of hydrogen-bond donors (Lipinski definition) is 2. The van der Waals surface area contributed by atoms with Gasteiger partial charge in [0.2, 0.25) is 11.8 Å². The Hall–Kier alpha value is -1.59. The zero-order valence-corrected chi connectivity index (χ0v) is 14.4. The molecule has 134 valence electrons. The molecule has 4 rings (SSSR count). The Balaban J connectivity index is 1.44. The van der Waals surface area contributed by atoms with Crippen LogP contribution in [0.2, 0.25) is 0 Å². The van der Waals surface area contributed by atoms with E-state index in [2.05, 4.69) is 5.32 Å². The van der Waals surface area contributed by atoms with E-state index in [9.17, 15) is 14.4 Å². The number of likely N-dealkylation sites (N-methyl/N-ethyl adjacent to an activating group) is 1. The van der Waals surface area contributed by atoms with Crippen LogP contribution in [-0.2, 0) is 14.4 Å². The molecule has 4 fully saturated rings. The first-order valence-electron chi connectivity index (χ1n) is 9.08. The highest BCUT2D eigenvalue weighted by Crippen LogP contribution is 2.61. The van der Waals surface area contributed by atoms with Crippen molar-refractivity contribution >= 4 is 17.8 Å². The van der Waals surface area contributed by atoms with Crippen molar-refractivity contribution in [3.63, 3.8) is 0 Å². The molecule has 6 heteroatoms. The predicted molar refractivity (Wildman–Crippen MR) is 88.1 cm³/mol. The lowest BCUT2D eigenvalue weighted by Gasteiger charge is -2.56. The number of carbonyl (C=O) groups excluding carboxylic acids is 2. The number of nitrogens with zero attached hydrogens (tertiary/aromatic N) is 1. The van der Waals surface area contributed by atoms with Crippen molar-refractivity contribution in [3.05, 3.63) is 0 Å².